The van der Waals surface area contributed by atoms with Crippen molar-refractivity contribution in [3.05, 3.63) is 91.3 Å². The second-order valence-electron chi connectivity index (χ2n) is 8.00. The number of rotatable bonds is 8. The molecule has 5 rings (SSSR count). The molecule has 8 heteroatoms. The Bertz CT molecular complexity index is 1480. The normalized spacial score (nSPS) is 10.9. The van der Waals surface area contributed by atoms with Gasteiger partial charge in [0.15, 0.2) is 11.0 Å². The van der Waals surface area contributed by atoms with Crippen molar-refractivity contribution in [1.82, 2.24) is 19.7 Å². The van der Waals surface area contributed by atoms with Crippen molar-refractivity contribution in [2.45, 2.75) is 12.1 Å². The molecule has 0 spiro atoms. The van der Waals surface area contributed by atoms with E-state index in [0.717, 1.165) is 33.5 Å². The fourth-order valence-corrected chi connectivity index (χ4v) is 4.97. The Hall–Kier alpha value is -4.17. The second-order valence-corrected chi connectivity index (χ2v) is 8.94. The number of benzene rings is 3. The molecule has 0 saturated carbocycles. The number of pyridine rings is 1. The Labute approximate surface area is 213 Å². The minimum atomic E-state index is 0.00796. The summed E-state index contributed by atoms with van der Waals surface area (Å²) in [4.78, 5) is 19.4. The molecule has 0 bridgehead atoms. The molecule has 0 atom stereocenters. The summed E-state index contributed by atoms with van der Waals surface area (Å²) in [5, 5.41) is 11.7. The van der Waals surface area contributed by atoms with Crippen LogP contribution in [0.2, 0.25) is 0 Å². The van der Waals surface area contributed by atoms with Crippen LogP contribution in [0.1, 0.15) is 6.92 Å². The monoisotopic (exact) mass is 495 g/mol. The van der Waals surface area contributed by atoms with E-state index in [2.05, 4.69) is 33.4 Å². The zero-order valence-electron chi connectivity index (χ0n) is 20.0. The van der Waals surface area contributed by atoms with E-state index in [1.807, 2.05) is 77.1 Å². The molecule has 2 heterocycles. The second kappa shape index (κ2) is 10.6. The Kier molecular flexibility index (Phi) is 6.95. The minimum absolute atomic E-state index is 0.00796. The average molecular weight is 496 g/mol. The van der Waals surface area contributed by atoms with E-state index in [4.69, 9.17) is 4.74 Å². The first-order valence-corrected chi connectivity index (χ1v) is 12.6. The number of nitrogens with zero attached hydrogens (tertiary/aromatic N) is 5. The van der Waals surface area contributed by atoms with Crippen LogP contribution in [0.5, 0.6) is 5.75 Å². The van der Waals surface area contributed by atoms with Crippen molar-refractivity contribution >= 4 is 34.1 Å². The number of carbonyl (C=O) groups is 1. The van der Waals surface area contributed by atoms with E-state index in [1.165, 1.54) is 11.8 Å². The first kappa shape index (κ1) is 23.6. The summed E-state index contributed by atoms with van der Waals surface area (Å²) >= 11 is 1.37. The Morgan fingerprint density at radius 1 is 0.944 bits per heavy atom. The van der Waals surface area contributed by atoms with Crippen LogP contribution in [0.4, 0.5) is 5.69 Å². The van der Waals surface area contributed by atoms with Crippen molar-refractivity contribution in [2.24, 2.45) is 0 Å². The summed E-state index contributed by atoms with van der Waals surface area (Å²) in [6.45, 7) is 2.56. The van der Waals surface area contributed by atoms with Crippen molar-refractivity contribution < 1.29 is 9.53 Å². The number of anilines is 1. The van der Waals surface area contributed by atoms with Gasteiger partial charge in [-0.25, -0.2) is 0 Å². The maximum atomic E-state index is 13.4. The highest BCUT2D eigenvalue weighted by atomic mass is 32.2. The molecule has 7 nitrogen and oxygen atoms in total. The summed E-state index contributed by atoms with van der Waals surface area (Å²) in [5.74, 6) is 1.67. The molecule has 3 aromatic carbocycles. The van der Waals surface area contributed by atoms with Crippen molar-refractivity contribution in [2.75, 3.05) is 24.3 Å². The first-order valence-electron chi connectivity index (χ1n) is 11.6. The van der Waals surface area contributed by atoms with Crippen LogP contribution >= 0.6 is 11.8 Å². The third-order valence-corrected chi connectivity index (χ3v) is 6.82. The van der Waals surface area contributed by atoms with Crippen LogP contribution in [0.3, 0.4) is 0 Å². The summed E-state index contributed by atoms with van der Waals surface area (Å²) in [5.41, 5.74) is 2.68. The summed E-state index contributed by atoms with van der Waals surface area (Å²) in [7, 11) is 1.64. The number of carbonyl (C=O) groups excluding carboxylic acids is 1. The first-order chi connectivity index (χ1) is 17.7. The van der Waals surface area contributed by atoms with E-state index in [9.17, 15) is 4.79 Å². The molecule has 0 N–H and O–H groups in total. The van der Waals surface area contributed by atoms with Gasteiger partial charge in [-0.3, -0.25) is 14.3 Å². The van der Waals surface area contributed by atoms with Gasteiger partial charge < -0.3 is 9.64 Å². The van der Waals surface area contributed by atoms with Gasteiger partial charge in [-0.15, -0.1) is 10.2 Å². The van der Waals surface area contributed by atoms with Gasteiger partial charge in [-0.1, -0.05) is 48.2 Å². The molecule has 0 unspecified atom stereocenters. The number of fused-ring (bicyclic) bond motifs is 1. The highest BCUT2D eigenvalue weighted by Gasteiger charge is 2.21. The molecule has 2 aromatic heterocycles. The van der Waals surface area contributed by atoms with E-state index in [0.29, 0.717) is 17.5 Å². The smallest absolute Gasteiger partial charge is 0.237 e. The highest BCUT2D eigenvalue weighted by Crippen LogP contribution is 2.31. The van der Waals surface area contributed by atoms with Crippen LogP contribution in [0, 0.1) is 0 Å². The zero-order chi connectivity index (χ0) is 24.9. The van der Waals surface area contributed by atoms with Crippen LogP contribution in [-0.4, -0.2) is 45.1 Å². The lowest BCUT2D eigenvalue weighted by Gasteiger charge is -2.22. The average Bonchev–Trinajstić information content (AvgIpc) is 3.37. The van der Waals surface area contributed by atoms with Gasteiger partial charge in [0.05, 0.1) is 18.6 Å². The van der Waals surface area contributed by atoms with E-state index in [1.54, 1.807) is 19.5 Å². The molecule has 180 valence electrons. The van der Waals surface area contributed by atoms with Gasteiger partial charge in [0.2, 0.25) is 5.91 Å². The maximum absolute atomic E-state index is 13.4. The number of methoxy groups -OCH3 is 1. The summed E-state index contributed by atoms with van der Waals surface area (Å²) in [6.07, 6.45) is 3.45. The number of aromatic nitrogens is 4. The topological polar surface area (TPSA) is 73.1 Å². The Balaban J connectivity index is 1.45. The zero-order valence-corrected chi connectivity index (χ0v) is 20.9. The molecule has 36 heavy (non-hydrogen) atoms. The third-order valence-electron chi connectivity index (χ3n) is 5.90. The predicted molar refractivity (Wildman–Crippen MR) is 144 cm³/mol. The molecule has 5 aromatic rings. The fourth-order valence-electron chi connectivity index (χ4n) is 4.14. The van der Waals surface area contributed by atoms with Crippen molar-refractivity contribution in [3.8, 4) is 22.8 Å². The summed E-state index contributed by atoms with van der Waals surface area (Å²) < 4.78 is 7.28. The molecule has 1 amide bonds. The van der Waals surface area contributed by atoms with Gasteiger partial charge in [-0.05, 0) is 54.8 Å². The Morgan fingerprint density at radius 2 is 1.69 bits per heavy atom. The molecular weight excluding hydrogens is 470 g/mol. The lowest BCUT2D eigenvalue weighted by molar-refractivity contribution is -0.116. The van der Waals surface area contributed by atoms with Crippen molar-refractivity contribution in [1.29, 1.82) is 0 Å². The molecule has 0 fully saturated rings. The summed E-state index contributed by atoms with van der Waals surface area (Å²) in [6, 6.07) is 25.6. The van der Waals surface area contributed by atoms with Gasteiger partial charge >= 0.3 is 0 Å². The van der Waals surface area contributed by atoms with Crippen LogP contribution in [0.25, 0.3) is 27.8 Å². The SMILES string of the molecule is CCN(C(=O)CSc1nnc(-c2ccncc2)n1-c1ccc(OC)cc1)c1cccc2ccccc12. The quantitative estimate of drug-likeness (QED) is 0.260. The van der Waals surface area contributed by atoms with E-state index < -0.39 is 0 Å². The molecule has 0 aliphatic carbocycles. The predicted octanol–water partition coefficient (Wildman–Crippen LogP) is 5.64. The van der Waals surface area contributed by atoms with Gasteiger partial charge in [0.25, 0.3) is 0 Å². The largest absolute Gasteiger partial charge is 0.497 e. The van der Waals surface area contributed by atoms with E-state index in [-0.39, 0.29) is 11.7 Å². The van der Waals surface area contributed by atoms with Gasteiger partial charge in [0, 0.05) is 35.6 Å². The molecule has 0 saturated heterocycles. The lowest BCUT2D eigenvalue weighted by Crippen LogP contribution is -2.32. The lowest BCUT2D eigenvalue weighted by atomic mass is 10.1. The Morgan fingerprint density at radius 3 is 2.44 bits per heavy atom. The standard InChI is InChI=1S/C28H25N5O2S/c1-3-32(25-10-6-8-20-7-4-5-9-24(20)25)26(34)19-36-28-31-30-27(21-15-17-29-18-16-21)33(28)22-11-13-23(35-2)14-12-22/h4-18H,3,19H2,1-2H3. The minimum Gasteiger partial charge on any atom is -0.497 e. The highest BCUT2D eigenvalue weighted by molar-refractivity contribution is 7.99. The van der Waals surface area contributed by atoms with Crippen molar-refractivity contribution in [3.63, 3.8) is 0 Å². The third kappa shape index (κ3) is 4.67. The van der Waals surface area contributed by atoms with Crippen LogP contribution in [0.15, 0.2) is 96.4 Å². The van der Waals surface area contributed by atoms with E-state index >= 15 is 0 Å². The maximum Gasteiger partial charge on any atom is 0.237 e. The number of ether oxygens (including phenoxy) is 1. The molecular formula is C28H25N5O2S. The van der Waals surface area contributed by atoms with Gasteiger partial charge in [0.1, 0.15) is 5.75 Å². The van der Waals surface area contributed by atoms with Gasteiger partial charge in [-0.2, -0.15) is 0 Å². The number of hydrogen-bond donors (Lipinski definition) is 0. The number of thioether (sulfide) groups is 1. The molecule has 0 aliphatic rings. The number of amides is 1. The molecule has 0 aliphatic heterocycles. The number of hydrogen-bond acceptors (Lipinski definition) is 6. The van der Waals surface area contributed by atoms with Crippen LogP contribution in [-0.2, 0) is 4.79 Å². The molecule has 0 radical (unpaired) electrons. The van der Waals surface area contributed by atoms with Crippen LogP contribution < -0.4 is 9.64 Å². The fraction of sp³-hybridized carbons (Fsp3) is 0.143.